The Morgan fingerprint density at radius 1 is 1.08 bits per heavy atom. The highest BCUT2D eigenvalue weighted by Crippen LogP contribution is 2.24. The Bertz CT molecular complexity index is 691. The minimum Gasteiger partial charge on any atom is -0.322 e. The smallest absolute Gasteiger partial charge is 0.255 e. The molecule has 1 amide bonds. The fourth-order valence-electron chi connectivity index (χ4n) is 3.06. The van der Waals surface area contributed by atoms with Crippen LogP contribution in [0.2, 0.25) is 0 Å². The molecule has 3 nitrogen and oxygen atoms in total. The van der Waals surface area contributed by atoms with Gasteiger partial charge in [-0.1, -0.05) is 18.2 Å². The minimum atomic E-state index is -0.0554. The molecule has 2 aromatic carbocycles. The first-order valence-electron chi connectivity index (χ1n) is 8.33. The van der Waals surface area contributed by atoms with Crippen molar-refractivity contribution in [3.05, 3.63) is 64.7 Å². The number of hydrogen-bond donors (Lipinski definition) is 2. The average molecular weight is 345 g/mol. The maximum Gasteiger partial charge on any atom is 0.255 e. The molecule has 1 fully saturated rings. The molecule has 4 heteroatoms. The molecule has 0 aliphatic carbocycles. The van der Waals surface area contributed by atoms with Crippen LogP contribution in [-0.4, -0.2) is 19.0 Å². The van der Waals surface area contributed by atoms with E-state index in [1.807, 2.05) is 37.3 Å². The predicted molar refractivity (Wildman–Crippen MR) is 102 cm³/mol. The number of carbonyl (C=O) groups excluding carboxylic acids is 1. The largest absolute Gasteiger partial charge is 0.322 e. The first-order valence-corrected chi connectivity index (χ1v) is 8.33. The zero-order valence-electron chi connectivity index (χ0n) is 14.3. The van der Waals surface area contributed by atoms with Gasteiger partial charge in [-0.3, -0.25) is 4.79 Å². The maximum atomic E-state index is 12.3. The lowest BCUT2D eigenvalue weighted by Gasteiger charge is -2.23. The fourth-order valence-corrected chi connectivity index (χ4v) is 3.06. The van der Waals surface area contributed by atoms with Crippen LogP contribution < -0.4 is 10.6 Å². The zero-order chi connectivity index (χ0) is 16.2. The van der Waals surface area contributed by atoms with Crippen molar-refractivity contribution in [2.45, 2.75) is 32.6 Å². The number of benzene rings is 2. The Morgan fingerprint density at radius 3 is 2.46 bits per heavy atom. The van der Waals surface area contributed by atoms with Crippen LogP contribution >= 0.6 is 12.4 Å². The molecule has 2 aromatic rings. The topological polar surface area (TPSA) is 41.1 Å². The molecule has 1 heterocycles. The monoisotopic (exact) mass is 344 g/mol. The summed E-state index contributed by atoms with van der Waals surface area (Å²) in [4.78, 5) is 12.3. The Morgan fingerprint density at radius 2 is 1.83 bits per heavy atom. The molecule has 1 saturated heterocycles. The predicted octanol–water partition coefficient (Wildman–Crippen LogP) is 4.44. The number of anilines is 1. The molecule has 0 bridgehead atoms. The van der Waals surface area contributed by atoms with Gasteiger partial charge in [0.1, 0.15) is 0 Å². The quantitative estimate of drug-likeness (QED) is 0.864. The van der Waals surface area contributed by atoms with E-state index in [2.05, 4.69) is 29.7 Å². The van der Waals surface area contributed by atoms with Crippen molar-refractivity contribution < 1.29 is 4.79 Å². The summed E-state index contributed by atoms with van der Waals surface area (Å²) in [7, 11) is 0. The van der Waals surface area contributed by atoms with Crippen LogP contribution in [0.25, 0.3) is 0 Å². The molecule has 0 aromatic heterocycles. The molecule has 0 spiro atoms. The van der Waals surface area contributed by atoms with Crippen LogP contribution in [0.4, 0.5) is 5.69 Å². The Balaban J connectivity index is 0.00000208. The third-order valence-corrected chi connectivity index (χ3v) is 4.71. The lowest BCUT2D eigenvalue weighted by atomic mass is 9.91. The second-order valence-electron chi connectivity index (χ2n) is 6.42. The lowest BCUT2D eigenvalue weighted by Crippen LogP contribution is -2.28. The number of aryl methyl sites for hydroxylation is 2. The van der Waals surface area contributed by atoms with Crippen LogP contribution in [0, 0.1) is 13.8 Å². The average Bonchev–Trinajstić information content (AvgIpc) is 2.59. The van der Waals surface area contributed by atoms with Crippen molar-refractivity contribution in [3.8, 4) is 0 Å². The van der Waals surface area contributed by atoms with Gasteiger partial charge in [-0.05, 0) is 80.1 Å². The van der Waals surface area contributed by atoms with E-state index in [1.165, 1.54) is 24.0 Å². The van der Waals surface area contributed by atoms with Crippen molar-refractivity contribution in [1.82, 2.24) is 5.32 Å². The van der Waals surface area contributed by atoms with Crippen molar-refractivity contribution in [2.24, 2.45) is 0 Å². The summed E-state index contributed by atoms with van der Waals surface area (Å²) in [5.41, 5.74) is 5.24. The standard InChI is InChI=1S/C20H24N2O.ClH/c1-14-5-6-17(12-15(14)2)20(23)22-19-9-7-16(8-10-19)18-4-3-11-21-13-18;/h5-10,12,18,21H,3-4,11,13H2,1-2H3,(H,22,23);1H/t18-;/m1./s1. The number of rotatable bonds is 3. The molecule has 128 valence electrons. The summed E-state index contributed by atoms with van der Waals surface area (Å²) in [5, 5.41) is 6.42. The number of hydrogen-bond acceptors (Lipinski definition) is 2. The second kappa shape index (κ2) is 8.32. The van der Waals surface area contributed by atoms with E-state index in [0.29, 0.717) is 11.5 Å². The van der Waals surface area contributed by atoms with E-state index < -0.39 is 0 Å². The second-order valence-corrected chi connectivity index (χ2v) is 6.42. The summed E-state index contributed by atoms with van der Waals surface area (Å²) in [6.07, 6.45) is 2.47. The molecule has 0 unspecified atom stereocenters. The van der Waals surface area contributed by atoms with Gasteiger partial charge in [-0.25, -0.2) is 0 Å². The van der Waals surface area contributed by atoms with Gasteiger partial charge in [-0.2, -0.15) is 0 Å². The molecular formula is C20H25ClN2O. The SMILES string of the molecule is Cc1ccc(C(=O)Nc2ccc([C@@H]3CCCNC3)cc2)cc1C.Cl. The van der Waals surface area contributed by atoms with E-state index in [9.17, 15) is 4.79 Å². The number of carbonyl (C=O) groups is 1. The number of piperidine rings is 1. The summed E-state index contributed by atoms with van der Waals surface area (Å²) >= 11 is 0. The Kier molecular flexibility index (Phi) is 6.41. The lowest BCUT2D eigenvalue weighted by molar-refractivity contribution is 0.102. The highest BCUT2D eigenvalue weighted by atomic mass is 35.5. The summed E-state index contributed by atoms with van der Waals surface area (Å²) in [6.45, 7) is 6.25. The van der Waals surface area contributed by atoms with E-state index in [4.69, 9.17) is 0 Å². The number of nitrogens with one attached hydrogen (secondary N) is 2. The molecular weight excluding hydrogens is 320 g/mol. The first kappa shape index (κ1) is 18.5. The Hall–Kier alpha value is -1.84. The van der Waals surface area contributed by atoms with Gasteiger partial charge in [-0.15, -0.1) is 12.4 Å². The van der Waals surface area contributed by atoms with Crippen LogP contribution in [0.1, 0.15) is 45.8 Å². The Labute approximate surface area is 150 Å². The molecule has 24 heavy (non-hydrogen) atoms. The summed E-state index contributed by atoms with van der Waals surface area (Å²) in [6, 6.07) is 14.1. The van der Waals surface area contributed by atoms with E-state index in [0.717, 1.165) is 24.3 Å². The van der Waals surface area contributed by atoms with Gasteiger partial charge in [0.25, 0.3) is 5.91 Å². The van der Waals surface area contributed by atoms with Crippen LogP contribution in [0.5, 0.6) is 0 Å². The number of halogens is 1. The zero-order valence-corrected chi connectivity index (χ0v) is 15.1. The van der Waals surface area contributed by atoms with Gasteiger partial charge in [0.05, 0.1) is 0 Å². The molecule has 1 aliphatic rings. The van der Waals surface area contributed by atoms with Gasteiger partial charge < -0.3 is 10.6 Å². The van der Waals surface area contributed by atoms with Crippen molar-refractivity contribution in [3.63, 3.8) is 0 Å². The molecule has 0 radical (unpaired) electrons. The molecule has 3 rings (SSSR count). The number of amides is 1. The van der Waals surface area contributed by atoms with E-state index >= 15 is 0 Å². The van der Waals surface area contributed by atoms with Gasteiger partial charge >= 0.3 is 0 Å². The highest BCUT2D eigenvalue weighted by Gasteiger charge is 2.15. The third kappa shape index (κ3) is 4.37. The fraction of sp³-hybridized carbons (Fsp3) is 0.350. The van der Waals surface area contributed by atoms with Gasteiger partial charge in [0, 0.05) is 17.8 Å². The van der Waals surface area contributed by atoms with Gasteiger partial charge in [0.15, 0.2) is 0 Å². The summed E-state index contributed by atoms with van der Waals surface area (Å²) < 4.78 is 0. The van der Waals surface area contributed by atoms with Crippen LogP contribution in [0.3, 0.4) is 0 Å². The van der Waals surface area contributed by atoms with E-state index in [-0.39, 0.29) is 18.3 Å². The van der Waals surface area contributed by atoms with Crippen molar-refractivity contribution >= 4 is 24.0 Å². The molecule has 2 N–H and O–H groups in total. The first-order chi connectivity index (χ1) is 11.1. The van der Waals surface area contributed by atoms with Crippen LogP contribution in [0.15, 0.2) is 42.5 Å². The highest BCUT2D eigenvalue weighted by molar-refractivity contribution is 6.04. The minimum absolute atomic E-state index is 0. The molecule has 0 saturated carbocycles. The summed E-state index contributed by atoms with van der Waals surface area (Å²) in [5.74, 6) is 0.536. The van der Waals surface area contributed by atoms with Crippen molar-refractivity contribution in [1.29, 1.82) is 0 Å². The molecule has 1 aliphatic heterocycles. The molecule has 1 atom stereocenters. The van der Waals surface area contributed by atoms with Crippen LogP contribution in [-0.2, 0) is 0 Å². The van der Waals surface area contributed by atoms with Gasteiger partial charge in [0.2, 0.25) is 0 Å². The maximum absolute atomic E-state index is 12.3. The van der Waals surface area contributed by atoms with E-state index in [1.54, 1.807) is 0 Å². The third-order valence-electron chi connectivity index (χ3n) is 4.71. The van der Waals surface area contributed by atoms with Crippen molar-refractivity contribution in [2.75, 3.05) is 18.4 Å². The normalized spacial score (nSPS) is 17.0.